The highest BCUT2D eigenvalue weighted by Gasteiger charge is 2.51. The van der Waals surface area contributed by atoms with E-state index >= 15 is 0 Å². The van der Waals surface area contributed by atoms with Crippen molar-refractivity contribution in [3.8, 4) is 85.8 Å². The van der Waals surface area contributed by atoms with Crippen LogP contribution >= 0.6 is 0 Å². The van der Waals surface area contributed by atoms with Crippen LogP contribution < -0.4 is 47.4 Å². The highest BCUT2D eigenvalue weighted by molar-refractivity contribution is 5.97. The monoisotopic (exact) mass is 1790 g/mol. The Kier molecular flexibility index (Phi) is 25.4. The minimum atomic E-state index is -0.698. The van der Waals surface area contributed by atoms with Gasteiger partial charge in [-0.15, -0.1) is 0 Å². The number of aromatic nitrogens is 5. The number of carbonyl (C=O) groups is 4. The van der Waals surface area contributed by atoms with Crippen LogP contribution in [-0.4, -0.2) is 172 Å². The van der Waals surface area contributed by atoms with E-state index in [-0.39, 0.29) is 58.9 Å². The maximum absolute atomic E-state index is 14.9. The molecule has 12 aromatic rings. The van der Waals surface area contributed by atoms with Crippen LogP contribution in [0.4, 0.5) is 8.78 Å². The summed E-state index contributed by atoms with van der Waals surface area (Å²) in [6.45, 7) is 23.4. The zero-order valence-corrected chi connectivity index (χ0v) is 77.5. The molecular formula is C106H115F2N9O15. The number of ether oxygens (including phenoxy) is 11. The number of halogens is 2. The Labute approximate surface area is 769 Å². The van der Waals surface area contributed by atoms with Crippen LogP contribution in [0.3, 0.4) is 0 Å². The Morgan fingerprint density at radius 2 is 0.939 bits per heavy atom. The highest BCUT2D eigenvalue weighted by Crippen LogP contribution is 2.53. The lowest BCUT2D eigenvalue weighted by Crippen LogP contribution is -2.50. The number of carbonyl (C=O) groups excluding carboxylic acids is 4. The molecule has 0 bridgehead atoms. The smallest absolute Gasteiger partial charge is 0.256 e. The standard InChI is InChI=1S/C27H31N3O4.C27H30N2O3.C26H26F2N2O5.C26H28N2O3/c1-26(2,3)33-22-11-10-18(16-23(22)32-5)25(31)30-14-12-27(13-15-30)20-17-28-29(4)24(20)19-8-6-7-9-21(19)34-27;1-18(2)31-23-10-9-21(17-20(23)4)26(30)28-15-12-27(13-16-28)25-19(3)11-14-29(25)22-7-5-6-8-24(22)32-27;1-32-12-13-34-23-16-19(28)18(15-22(23)33-2)25(31)29-10-7-26(8-11-29)24-4-3-9-30(24)20-6-5-17(27)14-21(20)35-26;1-4-19-9-10-20(17-23(19)30-3)25(29)27-15-12-26(13-16-27)24-18(2)11-14-28(24)21-7-5-6-8-22(21)31-26/h6-11,16-17H,12-15H2,1-5H3;5-11,14,17-18H,12-13,15-16H2,1-4H3;3-6,9,14-16H,7-8,10-13H2,1-2H3;5-11,14,17H,4,12-13,15-16H2,1-3H3. The average Bonchev–Trinajstić information content (AvgIpc) is 1.47. The van der Waals surface area contributed by atoms with Crippen LogP contribution in [0.15, 0.2) is 207 Å². The summed E-state index contributed by atoms with van der Waals surface area (Å²) in [4.78, 5) is 60.5. The number of methoxy groups -OCH3 is 4. The Hall–Kier alpha value is -13.5. The van der Waals surface area contributed by atoms with Crippen LogP contribution in [0.25, 0.3) is 28.3 Å². The minimum Gasteiger partial charge on any atom is -0.496 e. The van der Waals surface area contributed by atoms with Gasteiger partial charge in [-0.1, -0.05) is 49.4 Å². The van der Waals surface area contributed by atoms with Gasteiger partial charge in [-0.2, -0.15) is 5.10 Å². The molecule has 12 heterocycles. The van der Waals surface area contributed by atoms with Crippen LogP contribution in [0.1, 0.15) is 179 Å². The maximum Gasteiger partial charge on any atom is 0.256 e. The Morgan fingerprint density at radius 1 is 0.455 bits per heavy atom. The Balaban J connectivity index is 0.000000123. The third kappa shape index (κ3) is 17.4. The summed E-state index contributed by atoms with van der Waals surface area (Å²) in [6, 6.07) is 56.6. The van der Waals surface area contributed by atoms with Gasteiger partial charge < -0.3 is 85.4 Å². The second-order valence-electron chi connectivity index (χ2n) is 36.3. The van der Waals surface area contributed by atoms with Crippen molar-refractivity contribution in [2.24, 2.45) is 7.05 Å². The first kappa shape index (κ1) is 90.4. The SMILES string of the molecule is CCc1ccc(C(=O)N2CCC3(CC2)Oc2ccccc2-n2ccc(C)c23)cc1OC.COCCOc1cc(F)c(C(=O)N2CCC3(CC2)Oc2cc(F)ccc2-n2cccc23)cc1OC.COc1cc(C(=O)N2CCC3(CC2)Oc2ccccc2-c2c3cnn2C)ccc1OC(C)(C)C.Cc1cc(C(=O)N2CCC3(CC2)Oc2ccccc2-n2ccc(C)c23)ccc1OC(C)C. The molecule has 4 amide bonds. The molecule has 20 rings (SSSR count). The predicted octanol–water partition coefficient (Wildman–Crippen LogP) is 19.4. The molecule has 0 atom stereocenters. The van der Waals surface area contributed by atoms with E-state index in [0.717, 1.165) is 118 Å². The summed E-state index contributed by atoms with van der Waals surface area (Å²) in [6.07, 6.45) is 14.5. The number of para-hydroxylation sites is 5. The first-order chi connectivity index (χ1) is 63.6. The molecule has 0 unspecified atom stereocenters. The number of aryl methyl sites for hydroxylation is 5. The van der Waals surface area contributed by atoms with Crippen LogP contribution in [0.2, 0.25) is 0 Å². The van der Waals surface area contributed by atoms with Gasteiger partial charge in [0, 0.05) is 176 Å². The van der Waals surface area contributed by atoms with Crippen LogP contribution in [0.5, 0.6) is 57.5 Å². The fraction of sp³-hybridized carbons (Fsp3) is 0.368. The lowest BCUT2D eigenvalue weighted by Gasteiger charge is -2.45. The van der Waals surface area contributed by atoms with Gasteiger partial charge >= 0.3 is 0 Å². The van der Waals surface area contributed by atoms with Crippen molar-refractivity contribution < 1.29 is 80.1 Å². The molecule has 24 nitrogen and oxygen atoms in total. The molecule has 0 aliphatic carbocycles. The van der Waals surface area contributed by atoms with Crippen molar-refractivity contribution in [3.05, 3.63) is 286 Å². The maximum atomic E-state index is 14.9. The van der Waals surface area contributed by atoms with Crippen molar-refractivity contribution in [1.82, 2.24) is 43.1 Å². The Bertz CT molecular complexity index is 6300. The third-order valence-electron chi connectivity index (χ3n) is 26.5. The third-order valence-corrected chi connectivity index (χ3v) is 26.5. The van der Waals surface area contributed by atoms with E-state index in [1.807, 2.05) is 200 Å². The van der Waals surface area contributed by atoms with E-state index in [9.17, 15) is 28.0 Å². The molecule has 4 saturated heterocycles. The number of hydrogen-bond donors (Lipinski definition) is 0. The molecule has 4 spiro atoms. The zero-order valence-electron chi connectivity index (χ0n) is 77.5. The van der Waals surface area contributed by atoms with Crippen LogP contribution in [-0.2, 0) is 40.6 Å². The molecule has 132 heavy (non-hydrogen) atoms. The molecule has 8 aromatic carbocycles. The Morgan fingerprint density at radius 3 is 1.48 bits per heavy atom. The number of hydrogen-bond acceptors (Lipinski definition) is 16. The molecule has 8 aliphatic heterocycles. The van der Waals surface area contributed by atoms with Gasteiger partial charge in [0.1, 0.15) is 63.9 Å². The van der Waals surface area contributed by atoms with E-state index in [1.54, 1.807) is 38.4 Å². The summed E-state index contributed by atoms with van der Waals surface area (Å²) < 4.78 is 102. The number of benzene rings is 8. The van der Waals surface area contributed by atoms with Gasteiger partial charge in [-0.25, -0.2) is 8.78 Å². The van der Waals surface area contributed by atoms with Crippen molar-refractivity contribution in [1.29, 1.82) is 0 Å². The van der Waals surface area contributed by atoms with E-state index in [2.05, 4.69) is 77.7 Å². The second kappa shape index (κ2) is 37.0. The molecule has 0 radical (unpaired) electrons. The normalized spacial score (nSPS) is 16.3. The lowest BCUT2D eigenvalue weighted by atomic mass is 9.81. The molecule has 688 valence electrons. The first-order valence-electron chi connectivity index (χ1n) is 45.5. The molecule has 4 aromatic heterocycles. The van der Waals surface area contributed by atoms with Crippen molar-refractivity contribution in [2.75, 3.05) is 94.0 Å². The van der Waals surface area contributed by atoms with E-state index < -0.39 is 34.1 Å². The van der Waals surface area contributed by atoms with Crippen LogP contribution in [0, 0.1) is 32.4 Å². The fourth-order valence-corrected chi connectivity index (χ4v) is 19.9. The number of amides is 4. The van der Waals surface area contributed by atoms with Crippen molar-refractivity contribution in [3.63, 3.8) is 0 Å². The molecule has 0 N–H and O–H groups in total. The van der Waals surface area contributed by atoms with Gasteiger partial charge in [0.25, 0.3) is 23.6 Å². The second-order valence-corrected chi connectivity index (χ2v) is 36.3. The summed E-state index contributed by atoms with van der Waals surface area (Å²) in [7, 11) is 8.19. The van der Waals surface area contributed by atoms with Gasteiger partial charge in [0.05, 0.1) is 85.6 Å². The van der Waals surface area contributed by atoms with E-state index in [4.69, 9.17) is 52.1 Å². The number of likely N-dealkylation sites (tertiary alicyclic amines) is 4. The van der Waals surface area contributed by atoms with Gasteiger partial charge in [0.2, 0.25) is 0 Å². The summed E-state index contributed by atoms with van der Waals surface area (Å²) in [5.74, 6) is 5.05. The quantitative estimate of drug-likeness (QED) is 0.0872. The topological polar surface area (TPSA) is 215 Å². The molecule has 8 aliphatic rings. The van der Waals surface area contributed by atoms with E-state index in [0.29, 0.717) is 119 Å². The number of piperidine rings is 4. The number of nitrogens with zero attached hydrogens (tertiary/aromatic N) is 9. The van der Waals surface area contributed by atoms with Crippen molar-refractivity contribution in [2.45, 2.75) is 154 Å². The average molecular weight is 1790 g/mol. The summed E-state index contributed by atoms with van der Waals surface area (Å²) >= 11 is 0. The highest BCUT2D eigenvalue weighted by atomic mass is 19.1. The summed E-state index contributed by atoms with van der Waals surface area (Å²) in [5, 5.41) is 4.53. The van der Waals surface area contributed by atoms with Gasteiger partial charge in [-0.3, -0.25) is 23.9 Å². The van der Waals surface area contributed by atoms with Gasteiger partial charge in [-0.05, 0) is 211 Å². The fourth-order valence-electron chi connectivity index (χ4n) is 19.9. The zero-order chi connectivity index (χ0) is 92.7. The molecule has 0 saturated carbocycles. The lowest BCUT2D eigenvalue weighted by molar-refractivity contribution is -0.0103. The van der Waals surface area contributed by atoms with Gasteiger partial charge in [0.15, 0.2) is 39.8 Å². The molecular weight excluding hydrogens is 1680 g/mol. The largest absolute Gasteiger partial charge is 0.496 e. The van der Waals surface area contributed by atoms with Crippen molar-refractivity contribution >= 4 is 23.6 Å². The minimum absolute atomic E-state index is 0.0157. The predicted molar refractivity (Wildman–Crippen MR) is 498 cm³/mol. The number of fused-ring (bicyclic) bond motifs is 16. The van der Waals surface area contributed by atoms with E-state index in [1.165, 1.54) is 47.8 Å². The molecule has 26 heteroatoms. The summed E-state index contributed by atoms with van der Waals surface area (Å²) in [5.41, 5.74) is 13.7. The number of rotatable bonds is 15. The first-order valence-corrected chi connectivity index (χ1v) is 45.5. The molecule has 4 fully saturated rings.